The van der Waals surface area contributed by atoms with Gasteiger partial charge >= 0.3 is 0 Å². The maximum Gasteiger partial charge on any atom is 0.263 e. The Morgan fingerprint density at radius 3 is 2.66 bits per heavy atom. The third kappa shape index (κ3) is 3.79. The number of benzene rings is 1. The molecule has 2 heterocycles. The molecular weight excluding hydrogens is 364 g/mol. The highest BCUT2D eigenvalue weighted by Crippen LogP contribution is 2.25. The lowest BCUT2D eigenvalue weighted by molar-refractivity contribution is -0.116. The first-order chi connectivity index (χ1) is 13.8. The van der Waals surface area contributed by atoms with E-state index in [0.717, 1.165) is 52.9 Å². The Bertz CT molecular complexity index is 1160. The number of amides is 1. The van der Waals surface area contributed by atoms with Crippen LogP contribution in [0.25, 0.3) is 11.0 Å². The first-order valence-electron chi connectivity index (χ1n) is 10.1. The molecule has 1 aromatic carbocycles. The molecule has 0 saturated heterocycles. The molecule has 0 radical (unpaired) electrons. The number of rotatable bonds is 3. The Hall–Kier alpha value is -3.02. The van der Waals surface area contributed by atoms with E-state index in [1.165, 1.54) is 10.9 Å². The van der Waals surface area contributed by atoms with Crippen LogP contribution in [-0.4, -0.2) is 20.4 Å². The second kappa shape index (κ2) is 7.43. The molecule has 0 aliphatic heterocycles. The minimum atomic E-state index is -0.247. The monoisotopic (exact) mass is 390 g/mol. The topological polar surface area (TPSA) is 76.9 Å². The van der Waals surface area contributed by atoms with Crippen molar-refractivity contribution >= 4 is 22.6 Å². The number of pyridine rings is 1. The van der Waals surface area contributed by atoms with Gasteiger partial charge in [0.15, 0.2) is 5.65 Å². The number of nitrogens with one attached hydrogen (secondary N) is 1. The van der Waals surface area contributed by atoms with Crippen LogP contribution in [0.15, 0.2) is 29.3 Å². The molecule has 1 aliphatic rings. The van der Waals surface area contributed by atoms with E-state index in [0.29, 0.717) is 17.0 Å². The third-order valence-corrected chi connectivity index (χ3v) is 5.68. The summed E-state index contributed by atoms with van der Waals surface area (Å²) in [7, 11) is 0. The molecule has 6 nitrogen and oxygen atoms in total. The molecule has 1 N–H and O–H groups in total. The fourth-order valence-electron chi connectivity index (χ4n) is 4.25. The van der Waals surface area contributed by atoms with Gasteiger partial charge in [-0.25, -0.2) is 9.97 Å². The van der Waals surface area contributed by atoms with E-state index in [9.17, 15) is 9.59 Å². The van der Waals surface area contributed by atoms with Gasteiger partial charge in [-0.1, -0.05) is 24.6 Å². The number of hydrogen-bond acceptors (Lipinski definition) is 4. The molecule has 6 heteroatoms. The largest absolute Gasteiger partial charge is 0.324 e. The highest BCUT2D eigenvalue weighted by Gasteiger charge is 2.19. The summed E-state index contributed by atoms with van der Waals surface area (Å²) in [5.41, 5.74) is 6.37. The standard InChI is InChI=1S/C23H26N4O2/c1-13-5-6-19-17(9-13)10-18-22(25-19)24-12-27(23(18)29)11-20(28)26-21-15(3)7-14(2)8-16(21)4/h7-8,10,12-13H,5-6,9,11H2,1-4H3,(H,26,28)/t13-/m0/s1. The van der Waals surface area contributed by atoms with Crippen molar-refractivity contribution in [3.8, 4) is 0 Å². The highest BCUT2D eigenvalue weighted by atomic mass is 16.2. The molecular formula is C23H26N4O2. The lowest BCUT2D eigenvalue weighted by Gasteiger charge is -2.20. The number of aryl methyl sites for hydroxylation is 4. The van der Waals surface area contributed by atoms with Crippen molar-refractivity contribution in [3.63, 3.8) is 0 Å². The lowest BCUT2D eigenvalue weighted by atomic mass is 9.87. The van der Waals surface area contributed by atoms with E-state index in [2.05, 4.69) is 22.2 Å². The Kier molecular flexibility index (Phi) is 4.94. The summed E-state index contributed by atoms with van der Waals surface area (Å²) in [4.78, 5) is 34.5. The van der Waals surface area contributed by atoms with E-state index in [-0.39, 0.29) is 18.0 Å². The normalized spacial score (nSPS) is 15.9. The Morgan fingerprint density at radius 1 is 1.21 bits per heavy atom. The SMILES string of the molecule is Cc1cc(C)c(NC(=O)Cn2cnc3nc4c(cc3c2=O)C[C@@H](C)CC4)c(C)c1. The van der Waals surface area contributed by atoms with E-state index in [1.54, 1.807) is 0 Å². The average molecular weight is 390 g/mol. The van der Waals surface area contributed by atoms with Crippen molar-refractivity contribution in [2.75, 3.05) is 5.32 Å². The summed E-state index contributed by atoms with van der Waals surface area (Å²) >= 11 is 0. The van der Waals surface area contributed by atoms with Crippen LogP contribution in [-0.2, 0) is 24.2 Å². The molecule has 150 valence electrons. The van der Waals surface area contributed by atoms with Crippen molar-refractivity contribution in [3.05, 3.63) is 62.8 Å². The summed E-state index contributed by atoms with van der Waals surface area (Å²) in [6, 6.07) is 5.98. The van der Waals surface area contributed by atoms with Crippen molar-refractivity contribution in [1.82, 2.24) is 14.5 Å². The van der Waals surface area contributed by atoms with Crippen LogP contribution < -0.4 is 10.9 Å². The highest BCUT2D eigenvalue weighted by molar-refractivity contribution is 5.92. The lowest BCUT2D eigenvalue weighted by Crippen LogP contribution is -2.29. The van der Waals surface area contributed by atoms with Gasteiger partial charge < -0.3 is 5.32 Å². The summed E-state index contributed by atoms with van der Waals surface area (Å²) in [5.74, 6) is 0.343. The van der Waals surface area contributed by atoms with Crippen molar-refractivity contribution in [2.24, 2.45) is 5.92 Å². The number of carbonyl (C=O) groups excluding carboxylic acids is 1. The van der Waals surface area contributed by atoms with Gasteiger partial charge in [0.05, 0.1) is 5.39 Å². The molecule has 0 bridgehead atoms. The quantitative estimate of drug-likeness (QED) is 0.743. The molecule has 3 aromatic rings. The fourth-order valence-corrected chi connectivity index (χ4v) is 4.25. The van der Waals surface area contributed by atoms with Crippen molar-refractivity contribution in [1.29, 1.82) is 0 Å². The zero-order valence-corrected chi connectivity index (χ0v) is 17.4. The minimum absolute atomic E-state index is 0.0813. The Labute approximate surface area is 170 Å². The molecule has 0 fully saturated rings. The molecule has 1 amide bonds. The van der Waals surface area contributed by atoms with Crippen LogP contribution in [0.4, 0.5) is 5.69 Å². The number of anilines is 1. The van der Waals surface area contributed by atoms with E-state index < -0.39 is 0 Å². The fraction of sp³-hybridized carbons (Fsp3) is 0.391. The summed E-state index contributed by atoms with van der Waals surface area (Å²) < 4.78 is 1.36. The van der Waals surface area contributed by atoms with Gasteiger partial charge in [0.1, 0.15) is 12.9 Å². The molecule has 0 unspecified atom stereocenters. The number of carbonyl (C=O) groups is 1. The molecule has 0 saturated carbocycles. The molecule has 1 aliphatic carbocycles. The summed E-state index contributed by atoms with van der Waals surface area (Å²) in [6.45, 7) is 8.10. The molecule has 0 spiro atoms. The van der Waals surface area contributed by atoms with Crippen LogP contribution >= 0.6 is 0 Å². The van der Waals surface area contributed by atoms with Crippen molar-refractivity contribution in [2.45, 2.75) is 53.5 Å². The number of fused-ring (bicyclic) bond motifs is 2. The van der Waals surface area contributed by atoms with Gasteiger partial charge in [-0.2, -0.15) is 0 Å². The number of aromatic nitrogens is 3. The predicted octanol–water partition coefficient (Wildman–Crippen LogP) is 3.48. The average Bonchev–Trinajstić information content (AvgIpc) is 2.66. The van der Waals surface area contributed by atoms with Gasteiger partial charge in [-0.15, -0.1) is 0 Å². The van der Waals surface area contributed by atoms with Crippen LogP contribution in [0.5, 0.6) is 0 Å². The van der Waals surface area contributed by atoms with Gasteiger partial charge in [-0.05, 0) is 68.7 Å². The predicted molar refractivity (Wildman–Crippen MR) is 114 cm³/mol. The van der Waals surface area contributed by atoms with Crippen LogP contribution in [0.3, 0.4) is 0 Å². The Morgan fingerprint density at radius 2 is 1.93 bits per heavy atom. The number of hydrogen-bond donors (Lipinski definition) is 1. The summed E-state index contributed by atoms with van der Waals surface area (Å²) in [6.07, 6.45) is 4.39. The van der Waals surface area contributed by atoms with Crippen LogP contribution in [0.1, 0.15) is 41.3 Å². The second-order valence-electron chi connectivity index (χ2n) is 8.31. The third-order valence-electron chi connectivity index (χ3n) is 5.68. The molecule has 1 atom stereocenters. The van der Waals surface area contributed by atoms with E-state index in [4.69, 9.17) is 0 Å². The van der Waals surface area contributed by atoms with Crippen molar-refractivity contribution < 1.29 is 4.79 Å². The second-order valence-corrected chi connectivity index (χ2v) is 8.31. The van der Waals surface area contributed by atoms with Crippen LogP contribution in [0, 0.1) is 26.7 Å². The number of nitrogens with zero attached hydrogens (tertiary/aromatic N) is 3. The smallest absolute Gasteiger partial charge is 0.263 e. The Balaban J connectivity index is 1.62. The molecule has 4 rings (SSSR count). The maximum absolute atomic E-state index is 13.0. The van der Waals surface area contributed by atoms with Gasteiger partial charge in [0, 0.05) is 11.4 Å². The van der Waals surface area contributed by atoms with E-state index in [1.807, 2.05) is 39.0 Å². The first kappa shape index (κ1) is 19.3. The van der Waals surface area contributed by atoms with Gasteiger partial charge in [0.25, 0.3) is 5.56 Å². The van der Waals surface area contributed by atoms with Gasteiger partial charge in [0.2, 0.25) is 5.91 Å². The van der Waals surface area contributed by atoms with Crippen LogP contribution in [0.2, 0.25) is 0 Å². The first-order valence-corrected chi connectivity index (χ1v) is 10.1. The van der Waals surface area contributed by atoms with E-state index >= 15 is 0 Å². The minimum Gasteiger partial charge on any atom is -0.324 e. The summed E-state index contributed by atoms with van der Waals surface area (Å²) in [5, 5.41) is 3.43. The zero-order chi connectivity index (χ0) is 20.7. The van der Waals surface area contributed by atoms with Gasteiger partial charge in [-0.3, -0.25) is 14.2 Å². The zero-order valence-electron chi connectivity index (χ0n) is 17.4. The molecule has 29 heavy (non-hydrogen) atoms. The molecule has 2 aromatic heterocycles. The maximum atomic E-state index is 13.0.